The zero-order valence-corrected chi connectivity index (χ0v) is 9.17. The molecule has 0 aliphatic carbocycles. The van der Waals surface area contributed by atoms with Crippen molar-refractivity contribution in [2.45, 2.75) is 32.6 Å². The Balaban J connectivity index is 2.06. The molecule has 1 aliphatic heterocycles. The Morgan fingerprint density at radius 2 is 2.14 bits per heavy atom. The van der Waals surface area contributed by atoms with E-state index >= 15 is 0 Å². The van der Waals surface area contributed by atoms with E-state index in [-0.39, 0.29) is 0 Å². The predicted octanol–water partition coefficient (Wildman–Crippen LogP) is 1.24. The lowest BCUT2D eigenvalue weighted by molar-refractivity contribution is -0.109. The molecule has 1 aliphatic rings. The maximum Gasteiger partial charge on any atom is 0.207 e. The van der Waals surface area contributed by atoms with E-state index < -0.39 is 0 Å². The average Bonchev–Trinajstić information content (AvgIpc) is 2.21. The molecular formula is C11H22N2O. The van der Waals surface area contributed by atoms with Gasteiger partial charge in [-0.05, 0) is 51.2 Å². The third-order valence-corrected chi connectivity index (χ3v) is 3.03. The van der Waals surface area contributed by atoms with Crippen LogP contribution in [-0.2, 0) is 4.79 Å². The van der Waals surface area contributed by atoms with Gasteiger partial charge in [0.1, 0.15) is 0 Å². The number of piperidine rings is 1. The lowest BCUT2D eigenvalue weighted by Crippen LogP contribution is -2.35. The van der Waals surface area contributed by atoms with Gasteiger partial charge in [-0.25, -0.2) is 0 Å². The highest BCUT2D eigenvalue weighted by Gasteiger charge is 2.17. The van der Waals surface area contributed by atoms with Gasteiger partial charge in [-0.2, -0.15) is 0 Å². The Hall–Kier alpha value is -0.570. The molecule has 0 unspecified atom stereocenters. The molecule has 82 valence electrons. The van der Waals surface area contributed by atoms with Crippen LogP contribution in [-0.4, -0.2) is 37.5 Å². The Morgan fingerprint density at radius 1 is 1.43 bits per heavy atom. The summed E-state index contributed by atoms with van der Waals surface area (Å²) >= 11 is 0. The first-order valence-corrected chi connectivity index (χ1v) is 5.76. The molecule has 1 heterocycles. The van der Waals surface area contributed by atoms with Crippen LogP contribution >= 0.6 is 0 Å². The van der Waals surface area contributed by atoms with Crippen molar-refractivity contribution in [3.05, 3.63) is 0 Å². The van der Waals surface area contributed by atoms with Crippen LogP contribution in [0.25, 0.3) is 0 Å². The van der Waals surface area contributed by atoms with Crippen LogP contribution in [0.5, 0.6) is 0 Å². The molecule has 1 amide bonds. The van der Waals surface area contributed by atoms with Gasteiger partial charge < -0.3 is 10.2 Å². The van der Waals surface area contributed by atoms with Crippen LogP contribution in [0, 0.1) is 5.92 Å². The van der Waals surface area contributed by atoms with E-state index in [1.807, 2.05) is 0 Å². The highest BCUT2D eigenvalue weighted by Crippen LogP contribution is 2.19. The van der Waals surface area contributed by atoms with Gasteiger partial charge in [-0.1, -0.05) is 6.92 Å². The second-order valence-corrected chi connectivity index (χ2v) is 4.15. The van der Waals surface area contributed by atoms with Gasteiger partial charge in [0.25, 0.3) is 0 Å². The second-order valence-electron chi connectivity index (χ2n) is 4.15. The quantitative estimate of drug-likeness (QED) is 0.514. The Kier molecular flexibility index (Phi) is 5.60. The number of carbonyl (C=O) groups is 1. The van der Waals surface area contributed by atoms with Gasteiger partial charge >= 0.3 is 0 Å². The number of hydrogen-bond donors (Lipinski definition) is 1. The van der Waals surface area contributed by atoms with Gasteiger partial charge in [0.05, 0.1) is 0 Å². The summed E-state index contributed by atoms with van der Waals surface area (Å²) in [6.45, 7) is 6.83. The molecule has 3 heteroatoms. The van der Waals surface area contributed by atoms with Crippen molar-refractivity contribution in [2.24, 2.45) is 5.92 Å². The minimum Gasteiger partial charge on any atom is -0.359 e. The molecule has 3 nitrogen and oxygen atoms in total. The maximum absolute atomic E-state index is 10.1. The lowest BCUT2D eigenvalue weighted by Gasteiger charge is -2.31. The molecule has 0 aromatic carbocycles. The molecular weight excluding hydrogens is 176 g/mol. The van der Waals surface area contributed by atoms with Crippen molar-refractivity contribution >= 4 is 6.41 Å². The van der Waals surface area contributed by atoms with Gasteiger partial charge in [0.2, 0.25) is 6.41 Å². The maximum atomic E-state index is 10.1. The first-order chi connectivity index (χ1) is 6.86. The zero-order valence-electron chi connectivity index (χ0n) is 9.17. The summed E-state index contributed by atoms with van der Waals surface area (Å²) in [7, 11) is 0. The molecule has 1 saturated heterocycles. The van der Waals surface area contributed by atoms with Crippen LogP contribution in [0.15, 0.2) is 0 Å². The number of amides is 1. The first-order valence-electron chi connectivity index (χ1n) is 5.76. The third kappa shape index (κ3) is 4.09. The molecule has 0 saturated carbocycles. The SMILES string of the molecule is CCCN1CCC(CCNC=O)CC1. The Labute approximate surface area is 86.9 Å². The Morgan fingerprint density at radius 3 is 2.71 bits per heavy atom. The summed E-state index contributed by atoms with van der Waals surface area (Å²) in [5.41, 5.74) is 0. The van der Waals surface area contributed by atoms with Crippen molar-refractivity contribution in [3.8, 4) is 0 Å². The summed E-state index contributed by atoms with van der Waals surface area (Å²) in [5, 5.41) is 2.74. The summed E-state index contributed by atoms with van der Waals surface area (Å²) in [6, 6.07) is 0. The largest absolute Gasteiger partial charge is 0.359 e. The van der Waals surface area contributed by atoms with Gasteiger partial charge in [0, 0.05) is 6.54 Å². The Bertz CT molecular complexity index is 153. The molecule has 1 fully saturated rings. The highest BCUT2D eigenvalue weighted by molar-refractivity contribution is 5.45. The summed E-state index contributed by atoms with van der Waals surface area (Å²) in [6.07, 6.45) is 5.82. The molecule has 0 radical (unpaired) electrons. The highest BCUT2D eigenvalue weighted by atomic mass is 16.1. The number of hydrogen-bond acceptors (Lipinski definition) is 2. The smallest absolute Gasteiger partial charge is 0.207 e. The van der Waals surface area contributed by atoms with E-state index in [4.69, 9.17) is 0 Å². The summed E-state index contributed by atoms with van der Waals surface area (Å²) in [5.74, 6) is 0.829. The number of nitrogens with zero attached hydrogens (tertiary/aromatic N) is 1. The first kappa shape index (κ1) is 11.5. The van der Waals surface area contributed by atoms with Crippen molar-refractivity contribution < 1.29 is 4.79 Å². The van der Waals surface area contributed by atoms with E-state index in [1.54, 1.807) is 0 Å². The number of rotatable bonds is 6. The van der Waals surface area contributed by atoms with Crippen LogP contribution in [0.4, 0.5) is 0 Å². The fraction of sp³-hybridized carbons (Fsp3) is 0.909. The van der Waals surface area contributed by atoms with Crippen molar-refractivity contribution in [1.29, 1.82) is 0 Å². The molecule has 1 N–H and O–H groups in total. The molecule has 0 spiro atoms. The van der Waals surface area contributed by atoms with Crippen LogP contribution < -0.4 is 5.32 Å². The zero-order chi connectivity index (χ0) is 10.2. The van der Waals surface area contributed by atoms with Crippen molar-refractivity contribution in [3.63, 3.8) is 0 Å². The standard InChI is InChI=1S/C11H22N2O/c1-2-7-13-8-4-11(5-9-13)3-6-12-10-14/h10-11H,2-9H2,1H3,(H,12,14). The lowest BCUT2D eigenvalue weighted by atomic mass is 9.93. The van der Waals surface area contributed by atoms with E-state index in [0.717, 1.165) is 25.3 Å². The van der Waals surface area contributed by atoms with E-state index in [0.29, 0.717) is 0 Å². The predicted molar refractivity (Wildman–Crippen MR) is 58.1 cm³/mol. The van der Waals surface area contributed by atoms with Gasteiger partial charge in [-0.15, -0.1) is 0 Å². The number of carbonyl (C=O) groups excluding carboxylic acids is 1. The van der Waals surface area contributed by atoms with Gasteiger partial charge in [0.15, 0.2) is 0 Å². The molecule has 0 aromatic rings. The summed E-state index contributed by atoms with van der Waals surface area (Å²) < 4.78 is 0. The number of likely N-dealkylation sites (tertiary alicyclic amines) is 1. The van der Waals surface area contributed by atoms with E-state index in [1.165, 1.54) is 38.9 Å². The van der Waals surface area contributed by atoms with Crippen LogP contribution in [0.1, 0.15) is 32.6 Å². The third-order valence-electron chi connectivity index (χ3n) is 3.03. The average molecular weight is 198 g/mol. The van der Waals surface area contributed by atoms with Gasteiger partial charge in [-0.3, -0.25) is 4.79 Å². The normalized spacial score (nSPS) is 19.5. The van der Waals surface area contributed by atoms with E-state index in [2.05, 4.69) is 17.1 Å². The minimum absolute atomic E-state index is 0.798. The molecule has 0 aromatic heterocycles. The molecule has 14 heavy (non-hydrogen) atoms. The van der Waals surface area contributed by atoms with Crippen LogP contribution in [0.3, 0.4) is 0 Å². The molecule has 0 bridgehead atoms. The summed E-state index contributed by atoms with van der Waals surface area (Å²) in [4.78, 5) is 12.6. The molecule has 1 rings (SSSR count). The minimum atomic E-state index is 0.798. The van der Waals surface area contributed by atoms with Crippen molar-refractivity contribution in [2.75, 3.05) is 26.2 Å². The van der Waals surface area contributed by atoms with Crippen molar-refractivity contribution in [1.82, 2.24) is 10.2 Å². The van der Waals surface area contributed by atoms with Crippen LogP contribution in [0.2, 0.25) is 0 Å². The monoisotopic (exact) mass is 198 g/mol. The van der Waals surface area contributed by atoms with E-state index in [9.17, 15) is 4.79 Å². The fourth-order valence-corrected chi connectivity index (χ4v) is 2.16. The topological polar surface area (TPSA) is 32.3 Å². The second kappa shape index (κ2) is 6.82. The fourth-order valence-electron chi connectivity index (χ4n) is 2.16. The number of nitrogens with one attached hydrogen (secondary N) is 1. The molecule has 0 atom stereocenters.